The fourth-order valence-electron chi connectivity index (χ4n) is 3.37. The number of nitrogens with two attached hydrogens (primary N) is 1. The Morgan fingerprint density at radius 2 is 1.37 bits per heavy atom. The molecule has 1 unspecified atom stereocenters. The standard InChI is InChI=1S/C22H19ClN4/c1-15(25-22(23)26-21(24)16-9-3-2-4-10-16)27-19-13-7-5-11-17(19)18-12-6-8-14-20(18)27/h2-15H,1H3,(H2,24,25,26). The highest BCUT2D eigenvalue weighted by atomic mass is 35.5. The van der Waals surface area contributed by atoms with Crippen LogP contribution >= 0.6 is 11.6 Å². The maximum Gasteiger partial charge on any atom is 0.221 e. The first-order valence-electron chi connectivity index (χ1n) is 8.75. The molecule has 4 nitrogen and oxygen atoms in total. The molecule has 0 aliphatic carbocycles. The minimum Gasteiger partial charge on any atom is -0.383 e. The third kappa shape index (κ3) is 3.32. The monoisotopic (exact) mass is 374 g/mol. The van der Waals surface area contributed by atoms with Crippen molar-refractivity contribution in [2.75, 3.05) is 0 Å². The summed E-state index contributed by atoms with van der Waals surface area (Å²) >= 11 is 6.31. The van der Waals surface area contributed by atoms with E-state index in [0.717, 1.165) is 16.6 Å². The molecule has 1 aromatic heterocycles. The third-order valence-electron chi connectivity index (χ3n) is 4.57. The third-order valence-corrected chi connectivity index (χ3v) is 4.75. The molecule has 3 aromatic carbocycles. The molecule has 1 atom stereocenters. The van der Waals surface area contributed by atoms with Crippen molar-refractivity contribution in [1.82, 2.24) is 4.57 Å². The first-order chi connectivity index (χ1) is 13.1. The molecule has 0 saturated heterocycles. The summed E-state index contributed by atoms with van der Waals surface area (Å²) in [6.45, 7) is 2.00. The van der Waals surface area contributed by atoms with Gasteiger partial charge in [0.05, 0.1) is 11.0 Å². The van der Waals surface area contributed by atoms with Crippen LogP contribution in [0, 0.1) is 0 Å². The molecule has 4 aromatic rings. The van der Waals surface area contributed by atoms with E-state index in [4.69, 9.17) is 17.3 Å². The predicted octanol–water partition coefficient (Wildman–Crippen LogP) is 5.31. The Balaban J connectivity index is 1.76. The van der Waals surface area contributed by atoms with Gasteiger partial charge in [0.1, 0.15) is 12.0 Å². The molecule has 134 valence electrons. The number of benzene rings is 3. The summed E-state index contributed by atoms with van der Waals surface area (Å²) in [6.07, 6.45) is -0.227. The summed E-state index contributed by atoms with van der Waals surface area (Å²) in [4.78, 5) is 8.82. The summed E-state index contributed by atoms with van der Waals surface area (Å²) in [6, 6.07) is 26.1. The summed E-state index contributed by atoms with van der Waals surface area (Å²) in [5.74, 6) is 0.346. The second kappa shape index (κ2) is 7.25. The number of fused-ring (bicyclic) bond motifs is 3. The van der Waals surface area contributed by atoms with E-state index in [0.29, 0.717) is 5.84 Å². The Bertz CT molecular complexity index is 1110. The molecule has 0 bridgehead atoms. The molecular weight excluding hydrogens is 356 g/mol. The van der Waals surface area contributed by atoms with Gasteiger partial charge in [-0.15, -0.1) is 0 Å². The van der Waals surface area contributed by atoms with Gasteiger partial charge in [-0.3, -0.25) is 0 Å². The molecule has 0 fully saturated rings. The smallest absolute Gasteiger partial charge is 0.221 e. The van der Waals surface area contributed by atoms with Gasteiger partial charge in [-0.05, 0) is 30.7 Å². The Morgan fingerprint density at radius 1 is 0.852 bits per heavy atom. The van der Waals surface area contributed by atoms with Crippen LogP contribution in [0.15, 0.2) is 88.8 Å². The highest BCUT2D eigenvalue weighted by molar-refractivity contribution is 6.65. The second-order valence-corrected chi connectivity index (χ2v) is 6.64. The Kier molecular flexibility index (Phi) is 4.65. The lowest BCUT2D eigenvalue weighted by Crippen LogP contribution is -2.14. The predicted molar refractivity (Wildman–Crippen MR) is 115 cm³/mol. The molecule has 0 aliphatic heterocycles. The molecule has 0 amide bonds. The van der Waals surface area contributed by atoms with Gasteiger partial charge < -0.3 is 10.3 Å². The number of hydrogen-bond acceptors (Lipinski definition) is 1. The molecule has 5 heteroatoms. The lowest BCUT2D eigenvalue weighted by molar-refractivity contribution is 0.614. The molecule has 0 aliphatic rings. The number of amidine groups is 2. The van der Waals surface area contributed by atoms with E-state index < -0.39 is 0 Å². The molecule has 0 spiro atoms. The van der Waals surface area contributed by atoms with Crippen molar-refractivity contribution in [3.05, 3.63) is 84.4 Å². The maximum absolute atomic E-state index is 6.31. The fraction of sp³-hybridized carbons (Fsp3) is 0.0909. The zero-order valence-electron chi connectivity index (χ0n) is 14.9. The topological polar surface area (TPSA) is 55.7 Å². The first kappa shape index (κ1) is 17.3. The number of aromatic nitrogens is 1. The van der Waals surface area contributed by atoms with Crippen LogP contribution in [0.25, 0.3) is 21.8 Å². The molecular formula is C22H19ClN4. The molecule has 0 radical (unpaired) electrons. The van der Waals surface area contributed by atoms with Crippen LogP contribution in [0.1, 0.15) is 18.7 Å². The Hall–Kier alpha value is -3.11. The van der Waals surface area contributed by atoms with Crippen LogP contribution in [0.5, 0.6) is 0 Å². The lowest BCUT2D eigenvalue weighted by Gasteiger charge is -2.12. The van der Waals surface area contributed by atoms with E-state index in [2.05, 4.69) is 38.8 Å². The second-order valence-electron chi connectivity index (χ2n) is 6.30. The van der Waals surface area contributed by atoms with E-state index in [9.17, 15) is 0 Å². The Labute approximate surface area is 162 Å². The maximum atomic E-state index is 6.31. The lowest BCUT2D eigenvalue weighted by atomic mass is 10.2. The minimum absolute atomic E-state index is 0.130. The average molecular weight is 375 g/mol. The van der Waals surface area contributed by atoms with Gasteiger partial charge in [0.2, 0.25) is 5.29 Å². The molecule has 1 heterocycles. The SMILES string of the molecule is CC(N=C(Cl)N=C(N)c1ccccc1)n1c2ccccc2c2ccccc21. The van der Waals surface area contributed by atoms with Gasteiger partial charge in [0.15, 0.2) is 0 Å². The number of para-hydroxylation sites is 2. The van der Waals surface area contributed by atoms with Gasteiger partial charge >= 0.3 is 0 Å². The number of hydrogen-bond donors (Lipinski definition) is 1. The zero-order chi connectivity index (χ0) is 18.8. The van der Waals surface area contributed by atoms with Crippen molar-refractivity contribution in [1.29, 1.82) is 0 Å². The summed E-state index contributed by atoms with van der Waals surface area (Å²) < 4.78 is 2.17. The normalized spacial score (nSPS) is 14.0. The molecule has 0 saturated carbocycles. The zero-order valence-corrected chi connectivity index (χ0v) is 15.6. The van der Waals surface area contributed by atoms with E-state index in [1.54, 1.807) is 0 Å². The summed E-state index contributed by atoms with van der Waals surface area (Å²) in [7, 11) is 0. The van der Waals surface area contributed by atoms with Gasteiger partial charge in [-0.1, -0.05) is 66.7 Å². The molecule has 27 heavy (non-hydrogen) atoms. The van der Waals surface area contributed by atoms with Crippen molar-refractivity contribution in [2.45, 2.75) is 13.1 Å². The minimum atomic E-state index is -0.227. The van der Waals surface area contributed by atoms with Gasteiger partial charge in [-0.2, -0.15) is 0 Å². The summed E-state index contributed by atoms with van der Waals surface area (Å²) in [5, 5.41) is 2.52. The number of aliphatic imine (C=N–C) groups is 2. The van der Waals surface area contributed by atoms with E-state index in [-0.39, 0.29) is 11.5 Å². The van der Waals surface area contributed by atoms with Crippen molar-refractivity contribution < 1.29 is 0 Å². The van der Waals surface area contributed by atoms with E-state index >= 15 is 0 Å². The summed E-state index contributed by atoms with van der Waals surface area (Å²) in [5.41, 5.74) is 9.09. The van der Waals surface area contributed by atoms with Gasteiger partial charge in [0.25, 0.3) is 0 Å². The largest absolute Gasteiger partial charge is 0.383 e. The quantitative estimate of drug-likeness (QED) is 0.295. The Morgan fingerprint density at radius 3 is 1.96 bits per heavy atom. The van der Waals surface area contributed by atoms with Gasteiger partial charge in [-0.25, -0.2) is 9.98 Å². The average Bonchev–Trinajstić information content (AvgIpc) is 3.03. The highest BCUT2D eigenvalue weighted by Crippen LogP contribution is 2.32. The van der Waals surface area contributed by atoms with Crippen molar-refractivity contribution in [3.8, 4) is 0 Å². The number of rotatable bonds is 3. The van der Waals surface area contributed by atoms with Crippen LogP contribution in [-0.4, -0.2) is 15.7 Å². The van der Waals surface area contributed by atoms with Crippen LogP contribution in [0.3, 0.4) is 0 Å². The first-order valence-corrected chi connectivity index (χ1v) is 9.13. The molecule has 2 N–H and O–H groups in total. The molecule has 4 rings (SSSR count). The number of halogens is 1. The van der Waals surface area contributed by atoms with E-state index in [1.165, 1.54) is 10.8 Å². The fourth-order valence-corrected chi connectivity index (χ4v) is 3.60. The van der Waals surface area contributed by atoms with Crippen molar-refractivity contribution >= 4 is 44.5 Å². The van der Waals surface area contributed by atoms with Crippen molar-refractivity contribution in [3.63, 3.8) is 0 Å². The van der Waals surface area contributed by atoms with Crippen LogP contribution in [-0.2, 0) is 0 Å². The van der Waals surface area contributed by atoms with Crippen LogP contribution < -0.4 is 5.73 Å². The van der Waals surface area contributed by atoms with Crippen LogP contribution in [0.2, 0.25) is 0 Å². The van der Waals surface area contributed by atoms with Crippen molar-refractivity contribution in [2.24, 2.45) is 15.7 Å². The number of nitrogens with zero attached hydrogens (tertiary/aromatic N) is 3. The van der Waals surface area contributed by atoms with Crippen LogP contribution in [0.4, 0.5) is 0 Å². The highest BCUT2D eigenvalue weighted by Gasteiger charge is 2.14. The van der Waals surface area contributed by atoms with Gasteiger partial charge in [0, 0.05) is 16.3 Å². The van der Waals surface area contributed by atoms with E-state index in [1.807, 2.05) is 61.5 Å².